The minimum Gasteiger partial charge on any atom is -0.324 e. The van der Waals surface area contributed by atoms with Crippen LogP contribution in [-0.2, 0) is 4.79 Å². The van der Waals surface area contributed by atoms with E-state index in [0.717, 1.165) is 0 Å². The van der Waals surface area contributed by atoms with E-state index < -0.39 is 16.2 Å². The van der Waals surface area contributed by atoms with Crippen molar-refractivity contribution in [3.63, 3.8) is 0 Å². The lowest BCUT2D eigenvalue weighted by atomic mass is 10.1. The highest BCUT2D eigenvalue weighted by Gasteiger charge is 2.19. The number of amides is 1. The molecule has 0 saturated heterocycles. The summed E-state index contributed by atoms with van der Waals surface area (Å²) in [5.41, 5.74) is 0.780. The number of rotatable bonds is 4. The predicted octanol–water partition coefficient (Wildman–Crippen LogP) is 4.17. The fourth-order valence-corrected chi connectivity index (χ4v) is 2.16. The van der Waals surface area contributed by atoms with Gasteiger partial charge in [-0.25, -0.2) is 0 Å². The number of carbonyl (C=O) groups is 1. The SMILES string of the molecule is O=C(Nc1ccc([N+](=O)[O-])c(Cl)c1)C(Cl)c1ccccc1. The van der Waals surface area contributed by atoms with Crippen LogP contribution in [0.2, 0.25) is 5.02 Å². The van der Waals surface area contributed by atoms with E-state index in [1.807, 2.05) is 6.07 Å². The second-order valence-electron chi connectivity index (χ2n) is 4.19. The summed E-state index contributed by atoms with van der Waals surface area (Å²) in [6.45, 7) is 0. The third kappa shape index (κ3) is 3.71. The Morgan fingerprint density at radius 1 is 1.19 bits per heavy atom. The fourth-order valence-electron chi connectivity index (χ4n) is 1.71. The molecule has 0 aliphatic heterocycles. The third-order valence-corrected chi connectivity index (χ3v) is 3.49. The van der Waals surface area contributed by atoms with Crippen LogP contribution in [0, 0.1) is 10.1 Å². The van der Waals surface area contributed by atoms with Crippen LogP contribution < -0.4 is 5.32 Å². The molecule has 0 radical (unpaired) electrons. The van der Waals surface area contributed by atoms with Crippen LogP contribution in [0.4, 0.5) is 11.4 Å². The summed E-state index contributed by atoms with van der Waals surface area (Å²) in [5, 5.41) is 12.3. The fraction of sp³-hybridized carbons (Fsp3) is 0.0714. The Morgan fingerprint density at radius 3 is 2.43 bits per heavy atom. The van der Waals surface area contributed by atoms with E-state index in [4.69, 9.17) is 23.2 Å². The molecule has 2 aromatic rings. The van der Waals surface area contributed by atoms with Crippen LogP contribution in [0.25, 0.3) is 0 Å². The van der Waals surface area contributed by atoms with Gasteiger partial charge in [0.25, 0.3) is 5.69 Å². The first-order valence-electron chi connectivity index (χ1n) is 5.93. The summed E-state index contributed by atoms with van der Waals surface area (Å²) in [5.74, 6) is -0.437. The molecule has 21 heavy (non-hydrogen) atoms. The second-order valence-corrected chi connectivity index (χ2v) is 5.03. The third-order valence-electron chi connectivity index (χ3n) is 2.73. The maximum absolute atomic E-state index is 12.0. The van der Waals surface area contributed by atoms with Crippen molar-refractivity contribution < 1.29 is 9.72 Å². The standard InChI is InChI=1S/C14H10Cl2N2O3/c15-11-8-10(6-7-12(11)18(20)21)17-14(19)13(16)9-4-2-1-3-5-9/h1-8,13H,(H,17,19). The summed E-state index contributed by atoms with van der Waals surface area (Å²) in [7, 11) is 0. The minimum absolute atomic E-state index is 0.0522. The number of hydrogen-bond acceptors (Lipinski definition) is 3. The van der Waals surface area contributed by atoms with Gasteiger partial charge in [0, 0.05) is 11.8 Å². The molecule has 108 valence electrons. The average molecular weight is 325 g/mol. The van der Waals surface area contributed by atoms with Crippen LogP contribution in [0.1, 0.15) is 10.9 Å². The molecule has 2 rings (SSSR count). The van der Waals surface area contributed by atoms with Gasteiger partial charge in [-0.2, -0.15) is 0 Å². The van der Waals surface area contributed by atoms with E-state index >= 15 is 0 Å². The number of alkyl halides is 1. The Kier molecular flexibility index (Phi) is 4.77. The molecule has 1 N–H and O–H groups in total. The number of hydrogen-bond donors (Lipinski definition) is 1. The Morgan fingerprint density at radius 2 is 1.86 bits per heavy atom. The molecule has 1 unspecified atom stereocenters. The molecular weight excluding hydrogens is 315 g/mol. The highest BCUT2D eigenvalue weighted by Crippen LogP contribution is 2.28. The van der Waals surface area contributed by atoms with Gasteiger partial charge in [0.05, 0.1) is 4.92 Å². The molecule has 1 atom stereocenters. The highest BCUT2D eigenvalue weighted by molar-refractivity contribution is 6.34. The van der Waals surface area contributed by atoms with Crippen molar-refractivity contribution in [2.24, 2.45) is 0 Å². The van der Waals surface area contributed by atoms with Gasteiger partial charge in [0.1, 0.15) is 10.4 Å². The Bertz CT molecular complexity index is 677. The molecule has 0 bridgehead atoms. The minimum atomic E-state index is -0.861. The van der Waals surface area contributed by atoms with Gasteiger partial charge in [-0.05, 0) is 17.7 Å². The first kappa shape index (κ1) is 15.3. The van der Waals surface area contributed by atoms with E-state index in [1.54, 1.807) is 24.3 Å². The molecule has 0 heterocycles. The van der Waals surface area contributed by atoms with Crippen molar-refractivity contribution in [1.29, 1.82) is 0 Å². The second kappa shape index (κ2) is 6.56. The Labute approximate surface area is 130 Å². The van der Waals surface area contributed by atoms with Crippen molar-refractivity contribution >= 4 is 40.5 Å². The number of nitrogens with one attached hydrogen (secondary N) is 1. The van der Waals surface area contributed by atoms with Crippen LogP contribution in [-0.4, -0.2) is 10.8 Å². The molecule has 5 nitrogen and oxygen atoms in total. The van der Waals surface area contributed by atoms with Crippen molar-refractivity contribution in [3.8, 4) is 0 Å². The zero-order valence-electron chi connectivity index (χ0n) is 10.6. The molecular formula is C14H10Cl2N2O3. The van der Waals surface area contributed by atoms with Gasteiger partial charge < -0.3 is 5.32 Å². The van der Waals surface area contributed by atoms with Crippen molar-refractivity contribution in [3.05, 3.63) is 69.2 Å². The predicted molar refractivity (Wildman–Crippen MR) is 81.8 cm³/mol. The quantitative estimate of drug-likeness (QED) is 0.521. The molecule has 7 heteroatoms. The van der Waals surface area contributed by atoms with Gasteiger partial charge in [-0.15, -0.1) is 11.6 Å². The number of benzene rings is 2. The lowest BCUT2D eigenvalue weighted by molar-refractivity contribution is -0.384. The van der Waals surface area contributed by atoms with Gasteiger partial charge in [-0.3, -0.25) is 14.9 Å². The van der Waals surface area contributed by atoms with E-state index in [2.05, 4.69) is 5.32 Å². The number of carbonyl (C=O) groups excluding carboxylic acids is 1. The van der Waals surface area contributed by atoms with Gasteiger partial charge >= 0.3 is 0 Å². The van der Waals surface area contributed by atoms with Crippen molar-refractivity contribution in [2.45, 2.75) is 5.38 Å². The maximum atomic E-state index is 12.0. The van der Waals surface area contributed by atoms with Crippen molar-refractivity contribution in [2.75, 3.05) is 5.32 Å². The number of nitro groups is 1. The van der Waals surface area contributed by atoms with Crippen LogP contribution in [0.3, 0.4) is 0 Å². The number of nitrogens with zero attached hydrogens (tertiary/aromatic N) is 1. The molecule has 2 aromatic carbocycles. The molecule has 0 saturated carbocycles. The lowest BCUT2D eigenvalue weighted by Crippen LogP contribution is -2.17. The monoisotopic (exact) mass is 324 g/mol. The van der Waals surface area contributed by atoms with Crippen molar-refractivity contribution in [1.82, 2.24) is 0 Å². The average Bonchev–Trinajstić information content (AvgIpc) is 2.47. The molecule has 0 aromatic heterocycles. The zero-order valence-corrected chi connectivity index (χ0v) is 12.1. The molecule has 0 spiro atoms. The summed E-state index contributed by atoms with van der Waals surface area (Å²) in [6, 6.07) is 12.8. The summed E-state index contributed by atoms with van der Waals surface area (Å²) in [6.07, 6.45) is 0. The van der Waals surface area contributed by atoms with Gasteiger partial charge in [0.2, 0.25) is 5.91 Å². The van der Waals surface area contributed by atoms with E-state index in [1.165, 1.54) is 18.2 Å². The number of nitro benzene ring substituents is 1. The zero-order chi connectivity index (χ0) is 15.4. The van der Waals surface area contributed by atoms with Crippen LogP contribution in [0.15, 0.2) is 48.5 Å². The van der Waals surface area contributed by atoms with Crippen LogP contribution >= 0.6 is 23.2 Å². The summed E-state index contributed by atoms with van der Waals surface area (Å²) >= 11 is 11.9. The number of halogens is 2. The Balaban J connectivity index is 2.13. The first-order valence-corrected chi connectivity index (χ1v) is 6.74. The van der Waals surface area contributed by atoms with Crippen LogP contribution in [0.5, 0.6) is 0 Å². The van der Waals surface area contributed by atoms with Gasteiger partial charge in [-0.1, -0.05) is 41.9 Å². The summed E-state index contributed by atoms with van der Waals surface area (Å²) < 4.78 is 0. The normalized spacial score (nSPS) is 11.7. The van der Waals surface area contributed by atoms with E-state index in [0.29, 0.717) is 11.3 Å². The summed E-state index contributed by atoms with van der Waals surface area (Å²) in [4.78, 5) is 22.1. The first-order chi connectivity index (χ1) is 9.99. The maximum Gasteiger partial charge on any atom is 0.288 e. The topological polar surface area (TPSA) is 72.2 Å². The number of anilines is 1. The van der Waals surface area contributed by atoms with Gasteiger partial charge in [0.15, 0.2) is 0 Å². The molecule has 0 fully saturated rings. The lowest BCUT2D eigenvalue weighted by Gasteiger charge is -2.11. The Hall–Kier alpha value is -2.11. The molecule has 0 aliphatic carbocycles. The highest BCUT2D eigenvalue weighted by atomic mass is 35.5. The molecule has 1 amide bonds. The van der Waals surface area contributed by atoms with E-state index in [-0.39, 0.29) is 10.7 Å². The largest absolute Gasteiger partial charge is 0.324 e. The smallest absolute Gasteiger partial charge is 0.288 e. The molecule has 0 aliphatic rings. The van der Waals surface area contributed by atoms with E-state index in [9.17, 15) is 14.9 Å².